The Morgan fingerprint density at radius 2 is 2.10 bits per heavy atom. The molecule has 1 aromatic carbocycles. The number of methoxy groups -OCH3 is 1. The van der Waals surface area contributed by atoms with E-state index in [1.165, 1.54) is 0 Å². The zero-order valence-corrected chi connectivity index (χ0v) is 6.43. The van der Waals surface area contributed by atoms with E-state index >= 15 is 0 Å². The maximum atomic E-state index is 7.17. The summed E-state index contributed by atoms with van der Waals surface area (Å²) in [6.45, 7) is 0. The molecule has 0 aliphatic heterocycles. The van der Waals surface area contributed by atoms with Gasteiger partial charge in [-0.2, -0.15) is 0 Å². The van der Waals surface area contributed by atoms with Crippen molar-refractivity contribution in [1.82, 2.24) is 0 Å². The predicted molar refractivity (Wildman–Crippen MR) is 42.6 cm³/mol. The molecule has 0 radical (unpaired) electrons. The number of halogens is 1. The molecular weight excluding hydrogens is 148 g/mol. The van der Waals surface area contributed by atoms with Gasteiger partial charge >= 0.3 is 0 Å². The number of alkyl halides is 1. The van der Waals surface area contributed by atoms with Crippen LogP contribution in [0.4, 0.5) is 0 Å². The first-order chi connectivity index (χ1) is 5.24. The lowest BCUT2D eigenvalue weighted by Crippen LogP contribution is -1.82. The van der Waals surface area contributed by atoms with Gasteiger partial charge in [-0.1, -0.05) is 12.1 Å². The Bertz CT molecular complexity index is 220. The van der Waals surface area contributed by atoms with Gasteiger partial charge in [0.2, 0.25) is 0 Å². The summed E-state index contributed by atoms with van der Waals surface area (Å²) >= 11 is 5.52. The van der Waals surface area contributed by atoms with E-state index in [0.29, 0.717) is 0 Å². The highest BCUT2D eigenvalue weighted by atomic mass is 35.5. The molecule has 10 heavy (non-hydrogen) atoms. The van der Waals surface area contributed by atoms with Crippen molar-refractivity contribution in [2.75, 3.05) is 7.11 Å². The van der Waals surface area contributed by atoms with Crippen LogP contribution >= 0.6 is 11.6 Å². The average molecular weight is 158 g/mol. The highest BCUT2D eigenvalue weighted by molar-refractivity contribution is 6.17. The molecule has 0 aliphatic carbocycles. The standard InChI is InChI=1S/C8H9ClO/c1-10-8-4-2-7(6-9)3-5-8/h2-5H,6H2,1H3/i6D/t6-/m1/s1. The van der Waals surface area contributed by atoms with Crippen LogP contribution in [0.5, 0.6) is 5.75 Å². The highest BCUT2D eigenvalue weighted by Crippen LogP contribution is 2.12. The normalized spacial score (nSPS) is 14.0. The Morgan fingerprint density at radius 3 is 2.50 bits per heavy atom. The van der Waals surface area contributed by atoms with E-state index in [1.54, 1.807) is 31.4 Å². The van der Waals surface area contributed by atoms with Crippen molar-refractivity contribution in [3.05, 3.63) is 29.8 Å². The summed E-state index contributed by atoms with van der Waals surface area (Å²) in [5, 5.41) is 0. The Kier molecular flexibility index (Phi) is 2.10. The molecule has 0 bridgehead atoms. The summed E-state index contributed by atoms with van der Waals surface area (Å²) in [5.41, 5.74) is 0.785. The molecule has 0 saturated carbocycles. The van der Waals surface area contributed by atoms with Crippen LogP contribution in [-0.2, 0) is 5.86 Å². The molecule has 0 amide bonds. The SMILES string of the molecule is [2H][C@@H](Cl)c1ccc(OC)cc1. The first-order valence-corrected chi connectivity index (χ1v) is 3.38. The van der Waals surface area contributed by atoms with Gasteiger partial charge in [0.15, 0.2) is 0 Å². The lowest BCUT2D eigenvalue weighted by atomic mass is 10.2. The van der Waals surface area contributed by atoms with Crippen LogP contribution in [0.1, 0.15) is 6.93 Å². The third-order valence-corrected chi connectivity index (χ3v) is 1.49. The first-order valence-electron chi connectivity index (χ1n) is 3.52. The Labute approximate surface area is 67.0 Å². The van der Waals surface area contributed by atoms with Crippen LogP contribution in [0.2, 0.25) is 0 Å². The lowest BCUT2D eigenvalue weighted by Gasteiger charge is -1.98. The van der Waals surface area contributed by atoms with Crippen LogP contribution < -0.4 is 4.74 Å². The minimum Gasteiger partial charge on any atom is -0.497 e. The molecule has 54 valence electrons. The van der Waals surface area contributed by atoms with Crippen LogP contribution in [0.25, 0.3) is 0 Å². The van der Waals surface area contributed by atoms with E-state index in [2.05, 4.69) is 0 Å². The lowest BCUT2D eigenvalue weighted by molar-refractivity contribution is 0.414. The fourth-order valence-electron chi connectivity index (χ4n) is 0.677. The predicted octanol–water partition coefficient (Wildman–Crippen LogP) is 2.43. The first kappa shape index (κ1) is 6.05. The van der Waals surface area contributed by atoms with Crippen molar-refractivity contribution in [3.8, 4) is 5.75 Å². The molecule has 1 nitrogen and oxygen atoms in total. The quantitative estimate of drug-likeness (QED) is 0.600. The summed E-state index contributed by atoms with van der Waals surface area (Å²) in [6, 6.07) is 7.14. The van der Waals surface area contributed by atoms with Crippen molar-refractivity contribution in [2.24, 2.45) is 0 Å². The van der Waals surface area contributed by atoms with E-state index in [-0.39, 0.29) is 0 Å². The van der Waals surface area contributed by atoms with Crippen molar-refractivity contribution < 1.29 is 6.11 Å². The molecule has 0 N–H and O–H groups in total. The van der Waals surface area contributed by atoms with Gasteiger partial charge in [0, 0.05) is 7.23 Å². The van der Waals surface area contributed by atoms with E-state index in [0.717, 1.165) is 11.3 Å². The molecule has 1 atom stereocenters. The molecule has 0 aromatic heterocycles. The number of benzene rings is 1. The van der Waals surface area contributed by atoms with Crippen molar-refractivity contribution >= 4 is 11.6 Å². The summed E-state index contributed by atoms with van der Waals surface area (Å²) in [5.74, 6) is 0.104. The summed E-state index contributed by atoms with van der Waals surface area (Å²) in [6.07, 6.45) is 0. The third kappa shape index (κ3) is 1.64. The maximum absolute atomic E-state index is 7.17. The molecule has 1 aromatic rings. The second kappa shape index (κ2) is 3.47. The molecule has 2 heteroatoms. The van der Waals surface area contributed by atoms with Gasteiger partial charge in [0.05, 0.1) is 7.11 Å². The molecule has 0 fully saturated rings. The number of hydrogen-bond donors (Lipinski definition) is 0. The van der Waals surface area contributed by atoms with Crippen LogP contribution in [-0.4, -0.2) is 7.11 Å². The van der Waals surface area contributed by atoms with Gasteiger partial charge in [-0.3, -0.25) is 0 Å². The molecule has 0 heterocycles. The summed E-state index contributed by atoms with van der Waals surface area (Å²) in [4.78, 5) is 0. The van der Waals surface area contributed by atoms with Gasteiger partial charge in [-0.05, 0) is 17.7 Å². The monoisotopic (exact) mass is 157 g/mol. The van der Waals surface area contributed by atoms with E-state index in [9.17, 15) is 0 Å². The van der Waals surface area contributed by atoms with Crippen molar-refractivity contribution in [1.29, 1.82) is 0 Å². The fourth-order valence-corrected chi connectivity index (χ4v) is 0.822. The number of hydrogen-bond acceptors (Lipinski definition) is 1. The zero-order chi connectivity index (χ0) is 8.27. The van der Waals surface area contributed by atoms with Gasteiger partial charge in [0.25, 0.3) is 0 Å². The molecular formula is C8H9ClO. The van der Waals surface area contributed by atoms with E-state index < -0.39 is 5.86 Å². The van der Waals surface area contributed by atoms with Crippen LogP contribution in [0.15, 0.2) is 24.3 Å². The molecule has 0 saturated heterocycles. The second-order valence-corrected chi connectivity index (χ2v) is 2.10. The Balaban J connectivity index is 2.83. The van der Waals surface area contributed by atoms with Gasteiger partial charge < -0.3 is 4.74 Å². The van der Waals surface area contributed by atoms with Crippen LogP contribution in [0.3, 0.4) is 0 Å². The number of ether oxygens (including phenoxy) is 1. The molecule has 0 spiro atoms. The van der Waals surface area contributed by atoms with Crippen LogP contribution in [0, 0.1) is 0 Å². The maximum Gasteiger partial charge on any atom is 0.118 e. The van der Waals surface area contributed by atoms with Gasteiger partial charge in [-0.15, -0.1) is 11.6 Å². The van der Waals surface area contributed by atoms with Gasteiger partial charge in [-0.25, -0.2) is 0 Å². The van der Waals surface area contributed by atoms with E-state index in [1.807, 2.05) is 0 Å². The Morgan fingerprint density at radius 1 is 1.50 bits per heavy atom. The molecule has 1 rings (SSSR count). The van der Waals surface area contributed by atoms with Gasteiger partial charge in [0.1, 0.15) is 5.75 Å². The minimum absolute atomic E-state index is 0.680. The van der Waals surface area contributed by atoms with E-state index in [4.69, 9.17) is 17.7 Å². The largest absolute Gasteiger partial charge is 0.497 e. The third-order valence-electron chi connectivity index (χ3n) is 1.24. The summed E-state index contributed by atoms with van der Waals surface area (Å²) < 4.78 is 12.1. The Hall–Kier alpha value is -0.690. The van der Waals surface area contributed by atoms with Crippen molar-refractivity contribution in [3.63, 3.8) is 0 Å². The smallest absolute Gasteiger partial charge is 0.118 e. The minimum atomic E-state index is -0.680. The topological polar surface area (TPSA) is 9.23 Å². The van der Waals surface area contributed by atoms with Crippen molar-refractivity contribution in [2.45, 2.75) is 5.86 Å². The summed E-state index contributed by atoms with van der Waals surface area (Å²) in [7, 11) is 1.61. The second-order valence-electron chi connectivity index (χ2n) is 1.88. The number of rotatable bonds is 2. The fraction of sp³-hybridized carbons (Fsp3) is 0.250. The zero-order valence-electron chi connectivity index (χ0n) is 6.67. The highest BCUT2D eigenvalue weighted by Gasteiger charge is 1.90. The average Bonchev–Trinajstić information content (AvgIpc) is 2.05. The molecule has 0 aliphatic rings. The molecule has 0 unspecified atom stereocenters.